The van der Waals surface area contributed by atoms with Gasteiger partial charge < -0.3 is 18.9 Å². The van der Waals surface area contributed by atoms with Crippen LogP contribution in [0, 0.1) is 11.8 Å². The molecule has 1 rings (SSSR count). The first-order valence-corrected chi connectivity index (χ1v) is 7.06. The average Bonchev–Trinajstić information content (AvgIpc) is 2.46. The van der Waals surface area contributed by atoms with Crippen LogP contribution in [0.3, 0.4) is 0 Å². The van der Waals surface area contributed by atoms with Crippen LogP contribution in [0.5, 0.6) is 11.5 Å². The maximum absolute atomic E-state index is 11.8. The molecule has 0 amide bonds. The summed E-state index contributed by atoms with van der Waals surface area (Å²) in [7, 11) is 1.54. The molecule has 0 radical (unpaired) electrons. The molecule has 1 atom stereocenters. The highest BCUT2D eigenvalue weighted by atomic mass is 16.8. The molecule has 0 saturated heterocycles. The second-order valence-corrected chi connectivity index (χ2v) is 5.35. The van der Waals surface area contributed by atoms with Crippen molar-refractivity contribution in [3.05, 3.63) is 24.3 Å². The first-order valence-electron chi connectivity index (χ1n) is 7.06. The molecular formula is C16H22O6. The van der Waals surface area contributed by atoms with Crippen molar-refractivity contribution in [3.8, 4) is 11.5 Å². The fourth-order valence-electron chi connectivity index (χ4n) is 1.41. The Kier molecular flexibility index (Phi) is 6.69. The zero-order valence-corrected chi connectivity index (χ0v) is 13.5. The van der Waals surface area contributed by atoms with Crippen molar-refractivity contribution in [2.24, 2.45) is 11.8 Å². The van der Waals surface area contributed by atoms with Gasteiger partial charge in [0.2, 0.25) is 0 Å². The van der Waals surface area contributed by atoms with Crippen LogP contribution in [0.25, 0.3) is 0 Å². The molecule has 22 heavy (non-hydrogen) atoms. The predicted molar refractivity (Wildman–Crippen MR) is 79.7 cm³/mol. The van der Waals surface area contributed by atoms with Gasteiger partial charge in [-0.25, -0.2) is 4.79 Å². The predicted octanol–water partition coefficient (Wildman–Crippen LogP) is 3.39. The minimum atomic E-state index is -0.986. The number of esters is 1. The SMILES string of the molecule is COc1ccc(OC(=O)OC(OC(=O)C(C)C)C(C)C)cc1. The third kappa shape index (κ3) is 5.63. The van der Waals surface area contributed by atoms with Gasteiger partial charge in [-0.1, -0.05) is 27.7 Å². The zero-order valence-electron chi connectivity index (χ0n) is 13.5. The second-order valence-electron chi connectivity index (χ2n) is 5.35. The monoisotopic (exact) mass is 310 g/mol. The first kappa shape index (κ1) is 17.8. The minimum absolute atomic E-state index is 0.189. The third-order valence-corrected chi connectivity index (χ3v) is 2.72. The van der Waals surface area contributed by atoms with E-state index in [1.165, 1.54) is 0 Å². The van der Waals surface area contributed by atoms with Crippen LogP contribution >= 0.6 is 0 Å². The first-order chi connectivity index (χ1) is 10.3. The Morgan fingerprint density at radius 3 is 1.91 bits per heavy atom. The minimum Gasteiger partial charge on any atom is -0.497 e. The summed E-state index contributed by atoms with van der Waals surface area (Å²) in [6.07, 6.45) is -1.92. The highest BCUT2D eigenvalue weighted by molar-refractivity contribution is 5.72. The van der Waals surface area contributed by atoms with Gasteiger partial charge in [0.1, 0.15) is 11.5 Å². The summed E-state index contributed by atoms with van der Waals surface area (Å²) >= 11 is 0. The lowest BCUT2D eigenvalue weighted by Crippen LogP contribution is -2.32. The van der Waals surface area contributed by atoms with Crippen LogP contribution < -0.4 is 9.47 Å². The van der Waals surface area contributed by atoms with Gasteiger partial charge in [0.05, 0.1) is 13.0 Å². The maximum atomic E-state index is 11.8. The van der Waals surface area contributed by atoms with Gasteiger partial charge in [-0.05, 0) is 24.3 Å². The number of benzene rings is 1. The molecule has 1 aromatic carbocycles. The number of carbonyl (C=O) groups is 2. The number of carbonyl (C=O) groups excluding carboxylic acids is 2. The molecule has 0 heterocycles. The molecule has 6 heteroatoms. The summed E-state index contributed by atoms with van der Waals surface area (Å²) in [6.45, 7) is 6.96. The molecule has 1 aromatic rings. The molecule has 0 saturated carbocycles. The van der Waals surface area contributed by atoms with Crippen molar-refractivity contribution in [2.75, 3.05) is 7.11 Å². The molecule has 0 aliphatic heterocycles. The largest absolute Gasteiger partial charge is 0.516 e. The van der Waals surface area contributed by atoms with Gasteiger partial charge >= 0.3 is 12.1 Å². The van der Waals surface area contributed by atoms with E-state index in [-0.39, 0.29) is 11.8 Å². The fourth-order valence-corrected chi connectivity index (χ4v) is 1.41. The summed E-state index contributed by atoms with van der Waals surface area (Å²) in [5.41, 5.74) is 0. The van der Waals surface area contributed by atoms with Crippen LogP contribution in [0.4, 0.5) is 4.79 Å². The Labute approximate surface area is 130 Å². The van der Waals surface area contributed by atoms with Crippen molar-refractivity contribution in [2.45, 2.75) is 34.0 Å². The van der Waals surface area contributed by atoms with Gasteiger partial charge in [-0.15, -0.1) is 0 Å². The fraction of sp³-hybridized carbons (Fsp3) is 0.500. The highest BCUT2D eigenvalue weighted by Crippen LogP contribution is 2.18. The molecule has 6 nitrogen and oxygen atoms in total. The van der Waals surface area contributed by atoms with E-state index in [2.05, 4.69) is 0 Å². The van der Waals surface area contributed by atoms with E-state index in [0.29, 0.717) is 11.5 Å². The van der Waals surface area contributed by atoms with Crippen molar-refractivity contribution < 1.29 is 28.5 Å². The van der Waals surface area contributed by atoms with Crippen LogP contribution in [0.1, 0.15) is 27.7 Å². The van der Waals surface area contributed by atoms with Gasteiger partial charge in [-0.2, -0.15) is 0 Å². The summed E-state index contributed by atoms with van der Waals surface area (Å²) in [6, 6.07) is 6.46. The number of hydrogen-bond acceptors (Lipinski definition) is 6. The lowest BCUT2D eigenvalue weighted by atomic mass is 10.2. The van der Waals surface area contributed by atoms with E-state index in [0.717, 1.165) is 0 Å². The summed E-state index contributed by atoms with van der Waals surface area (Å²) in [4.78, 5) is 23.4. The Balaban J connectivity index is 2.60. The zero-order chi connectivity index (χ0) is 16.7. The highest BCUT2D eigenvalue weighted by Gasteiger charge is 2.25. The molecule has 0 aliphatic rings. The quantitative estimate of drug-likeness (QED) is 0.455. The number of rotatable bonds is 6. The van der Waals surface area contributed by atoms with E-state index in [9.17, 15) is 9.59 Å². The average molecular weight is 310 g/mol. The van der Waals surface area contributed by atoms with Crippen molar-refractivity contribution in [3.63, 3.8) is 0 Å². The molecular weight excluding hydrogens is 288 g/mol. The molecule has 0 bridgehead atoms. The molecule has 1 unspecified atom stereocenters. The Hall–Kier alpha value is -2.24. The van der Waals surface area contributed by atoms with E-state index in [1.807, 2.05) is 0 Å². The smallest absolute Gasteiger partial charge is 0.497 e. The van der Waals surface area contributed by atoms with Gasteiger partial charge in [0.15, 0.2) is 0 Å². The van der Waals surface area contributed by atoms with E-state index in [4.69, 9.17) is 18.9 Å². The third-order valence-electron chi connectivity index (χ3n) is 2.72. The number of ether oxygens (including phenoxy) is 4. The van der Waals surface area contributed by atoms with Gasteiger partial charge in [0.25, 0.3) is 6.29 Å². The number of hydrogen-bond donors (Lipinski definition) is 0. The second kappa shape index (κ2) is 8.26. The molecule has 0 spiro atoms. The van der Waals surface area contributed by atoms with Gasteiger partial charge in [0, 0.05) is 5.92 Å². The molecule has 0 aliphatic carbocycles. The summed E-state index contributed by atoms with van der Waals surface area (Å²) in [5.74, 6) is 0.0275. The van der Waals surface area contributed by atoms with Crippen molar-refractivity contribution >= 4 is 12.1 Å². The van der Waals surface area contributed by atoms with Crippen LogP contribution in [-0.4, -0.2) is 25.5 Å². The maximum Gasteiger partial charge on any atom is 0.516 e. The molecule has 122 valence electrons. The van der Waals surface area contributed by atoms with Crippen molar-refractivity contribution in [1.29, 1.82) is 0 Å². The lowest BCUT2D eigenvalue weighted by molar-refractivity contribution is -0.180. The van der Waals surface area contributed by atoms with E-state index >= 15 is 0 Å². The van der Waals surface area contributed by atoms with Gasteiger partial charge in [-0.3, -0.25) is 4.79 Å². The summed E-state index contributed by atoms with van der Waals surface area (Å²) in [5, 5.41) is 0. The van der Waals surface area contributed by atoms with Crippen LogP contribution in [0.2, 0.25) is 0 Å². The number of methoxy groups -OCH3 is 1. The standard InChI is InChI=1S/C16H22O6/c1-10(2)14(17)21-15(11(3)4)22-16(18)20-13-8-6-12(19-5)7-9-13/h6-11,15H,1-5H3. The van der Waals surface area contributed by atoms with Crippen molar-refractivity contribution in [1.82, 2.24) is 0 Å². The van der Waals surface area contributed by atoms with E-state index in [1.54, 1.807) is 59.1 Å². The molecule has 0 aromatic heterocycles. The Morgan fingerprint density at radius 1 is 0.909 bits per heavy atom. The lowest BCUT2D eigenvalue weighted by Gasteiger charge is -2.21. The Bertz CT molecular complexity index is 492. The van der Waals surface area contributed by atoms with Crippen LogP contribution in [0.15, 0.2) is 24.3 Å². The molecule has 0 N–H and O–H groups in total. The Morgan fingerprint density at radius 2 is 1.45 bits per heavy atom. The molecule has 0 fully saturated rings. The topological polar surface area (TPSA) is 71.1 Å². The van der Waals surface area contributed by atoms with E-state index < -0.39 is 18.4 Å². The normalized spacial score (nSPS) is 12.0. The summed E-state index contributed by atoms with van der Waals surface area (Å²) < 4.78 is 20.2. The van der Waals surface area contributed by atoms with Crippen LogP contribution in [-0.2, 0) is 14.3 Å².